The van der Waals surface area contributed by atoms with Crippen LogP contribution in [0.4, 0.5) is 0 Å². The van der Waals surface area contributed by atoms with E-state index in [2.05, 4.69) is 42.4 Å². The topological polar surface area (TPSA) is 80.2 Å². The molecular formula is C15H10Br2N2O4. The lowest BCUT2D eigenvalue weighted by atomic mass is 10.2. The summed E-state index contributed by atoms with van der Waals surface area (Å²) in [6, 6.07) is 8.09. The van der Waals surface area contributed by atoms with Gasteiger partial charge >= 0.3 is 0 Å². The van der Waals surface area contributed by atoms with Crippen LogP contribution < -0.4 is 14.9 Å². The summed E-state index contributed by atoms with van der Waals surface area (Å²) in [6.07, 6.45) is 1.47. The Labute approximate surface area is 148 Å². The zero-order chi connectivity index (χ0) is 16.4. The molecule has 2 aromatic carbocycles. The number of ether oxygens (including phenoxy) is 2. The number of carbonyl (C=O) groups excluding carboxylic acids is 1. The molecule has 0 radical (unpaired) electrons. The molecule has 0 aromatic heterocycles. The van der Waals surface area contributed by atoms with Gasteiger partial charge in [0.05, 0.1) is 11.8 Å². The predicted octanol–water partition coefficient (Wildman–Crippen LogP) is 3.41. The Bertz CT molecular complexity index is 808. The lowest BCUT2D eigenvalue weighted by molar-refractivity contribution is 0.0952. The van der Waals surface area contributed by atoms with Gasteiger partial charge < -0.3 is 14.6 Å². The lowest BCUT2D eigenvalue weighted by Crippen LogP contribution is -2.17. The quantitative estimate of drug-likeness (QED) is 0.565. The number of nitrogens with zero attached hydrogens (tertiary/aromatic N) is 1. The van der Waals surface area contributed by atoms with Crippen molar-refractivity contribution >= 4 is 44.0 Å². The third-order valence-corrected chi connectivity index (χ3v) is 4.24. The number of phenols is 1. The molecule has 0 fully saturated rings. The first-order valence-corrected chi connectivity index (χ1v) is 8.04. The van der Waals surface area contributed by atoms with Crippen molar-refractivity contribution in [3.8, 4) is 17.2 Å². The number of halogens is 2. The first-order chi connectivity index (χ1) is 11.0. The highest BCUT2D eigenvalue weighted by Crippen LogP contribution is 2.36. The molecule has 0 saturated carbocycles. The number of nitrogens with one attached hydrogen (secondary N) is 1. The third kappa shape index (κ3) is 3.48. The van der Waals surface area contributed by atoms with Gasteiger partial charge in [0.1, 0.15) is 5.75 Å². The van der Waals surface area contributed by atoms with Gasteiger partial charge in [0, 0.05) is 14.5 Å². The molecule has 0 unspecified atom stereocenters. The zero-order valence-electron chi connectivity index (χ0n) is 11.5. The van der Waals surface area contributed by atoms with Crippen molar-refractivity contribution in [2.24, 2.45) is 5.10 Å². The molecule has 0 saturated heterocycles. The van der Waals surface area contributed by atoms with Crippen LogP contribution in [0.25, 0.3) is 0 Å². The normalized spacial score (nSPS) is 12.6. The van der Waals surface area contributed by atoms with Crippen LogP contribution in [-0.2, 0) is 0 Å². The highest BCUT2D eigenvalue weighted by Gasteiger charge is 2.16. The second kappa shape index (κ2) is 6.59. The van der Waals surface area contributed by atoms with E-state index in [9.17, 15) is 9.90 Å². The number of hydrogen-bond donors (Lipinski definition) is 2. The van der Waals surface area contributed by atoms with Crippen molar-refractivity contribution in [2.75, 3.05) is 6.79 Å². The van der Waals surface area contributed by atoms with E-state index in [1.807, 2.05) is 0 Å². The maximum Gasteiger partial charge on any atom is 0.275 e. The summed E-state index contributed by atoms with van der Waals surface area (Å²) in [5, 5.41) is 13.6. The van der Waals surface area contributed by atoms with E-state index in [0.29, 0.717) is 21.5 Å². The highest BCUT2D eigenvalue weighted by molar-refractivity contribution is 9.10. The maximum absolute atomic E-state index is 12.0. The fraction of sp³-hybridized carbons (Fsp3) is 0.0667. The number of benzene rings is 2. The van der Waals surface area contributed by atoms with E-state index in [1.54, 1.807) is 18.2 Å². The van der Waals surface area contributed by atoms with Crippen LogP contribution in [0.15, 0.2) is 44.4 Å². The van der Waals surface area contributed by atoms with Crippen LogP contribution in [-0.4, -0.2) is 24.0 Å². The molecule has 1 aliphatic rings. The molecule has 0 bridgehead atoms. The summed E-state index contributed by atoms with van der Waals surface area (Å²) in [5.41, 5.74) is 3.21. The summed E-state index contributed by atoms with van der Waals surface area (Å²) in [7, 11) is 0. The average molecular weight is 442 g/mol. The highest BCUT2D eigenvalue weighted by atomic mass is 79.9. The van der Waals surface area contributed by atoms with Gasteiger partial charge in [-0.05, 0) is 46.3 Å². The molecule has 6 nitrogen and oxygen atoms in total. The van der Waals surface area contributed by atoms with Crippen molar-refractivity contribution in [3.63, 3.8) is 0 Å². The molecule has 0 spiro atoms. The standard InChI is InChI=1S/C15H10Br2N2O4/c16-9-1-2-12(20)10(4-9)15(21)19-18-6-8-3-13-14(5-11(8)17)23-7-22-13/h1-6,20H,7H2,(H,19,21). The number of amides is 1. The molecule has 2 N–H and O–H groups in total. The van der Waals surface area contributed by atoms with Crippen LogP contribution >= 0.6 is 31.9 Å². The van der Waals surface area contributed by atoms with Crippen molar-refractivity contribution in [3.05, 3.63) is 50.4 Å². The van der Waals surface area contributed by atoms with E-state index >= 15 is 0 Å². The number of hydrogen-bond acceptors (Lipinski definition) is 5. The second-order valence-electron chi connectivity index (χ2n) is 4.59. The number of rotatable bonds is 3. The Hall–Kier alpha value is -2.06. The van der Waals surface area contributed by atoms with Gasteiger partial charge in [-0.25, -0.2) is 5.43 Å². The molecule has 1 aliphatic heterocycles. The molecule has 3 rings (SSSR count). The minimum atomic E-state index is -0.517. The Kier molecular flexibility index (Phi) is 4.53. The largest absolute Gasteiger partial charge is 0.507 e. The summed E-state index contributed by atoms with van der Waals surface area (Å²) in [4.78, 5) is 12.0. The monoisotopic (exact) mass is 440 g/mol. The van der Waals surface area contributed by atoms with Gasteiger partial charge in [0.2, 0.25) is 6.79 Å². The fourth-order valence-electron chi connectivity index (χ4n) is 1.94. The molecule has 8 heteroatoms. The predicted molar refractivity (Wildman–Crippen MR) is 91.1 cm³/mol. The smallest absolute Gasteiger partial charge is 0.275 e. The molecule has 1 heterocycles. The van der Waals surface area contributed by atoms with Crippen LogP contribution in [0.3, 0.4) is 0 Å². The number of hydrazone groups is 1. The van der Waals surface area contributed by atoms with Crippen molar-refractivity contribution in [1.82, 2.24) is 5.43 Å². The Morgan fingerprint density at radius 2 is 1.96 bits per heavy atom. The van der Waals surface area contributed by atoms with Gasteiger partial charge in [-0.2, -0.15) is 5.10 Å². The summed E-state index contributed by atoms with van der Waals surface area (Å²) >= 11 is 6.64. The molecule has 23 heavy (non-hydrogen) atoms. The fourth-order valence-corrected chi connectivity index (χ4v) is 2.73. The summed E-state index contributed by atoms with van der Waals surface area (Å²) in [6.45, 7) is 0.182. The minimum absolute atomic E-state index is 0.120. The SMILES string of the molecule is O=C(NN=Cc1cc2c(cc1Br)OCO2)c1cc(Br)ccc1O. The van der Waals surface area contributed by atoms with E-state index in [-0.39, 0.29) is 18.1 Å². The van der Waals surface area contributed by atoms with Crippen LogP contribution in [0.2, 0.25) is 0 Å². The van der Waals surface area contributed by atoms with Gasteiger partial charge in [-0.15, -0.1) is 0 Å². The van der Waals surface area contributed by atoms with Crippen molar-refractivity contribution < 1.29 is 19.4 Å². The Morgan fingerprint density at radius 3 is 2.74 bits per heavy atom. The number of phenolic OH excluding ortho intramolecular Hbond substituents is 1. The Balaban J connectivity index is 1.74. The van der Waals surface area contributed by atoms with Gasteiger partial charge in [0.25, 0.3) is 5.91 Å². The molecule has 1 amide bonds. The second-order valence-corrected chi connectivity index (χ2v) is 6.36. The maximum atomic E-state index is 12.0. The van der Waals surface area contributed by atoms with Crippen LogP contribution in [0.1, 0.15) is 15.9 Å². The molecular weight excluding hydrogens is 432 g/mol. The minimum Gasteiger partial charge on any atom is -0.507 e. The molecule has 0 atom stereocenters. The lowest BCUT2D eigenvalue weighted by Gasteiger charge is -2.04. The molecule has 118 valence electrons. The van der Waals surface area contributed by atoms with Crippen molar-refractivity contribution in [1.29, 1.82) is 0 Å². The van der Waals surface area contributed by atoms with E-state index in [4.69, 9.17) is 9.47 Å². The number of carbonyl (C=O) groups is 1. The third-order valence-electron chi connectivity index (χ3n) is 3.06. The average Bonchev–Trinajstić information content (AvgIpc) is 2.96. The summed E-state index contributed by atoms with van der Waals surface area (Å²) < 4.78 is 12.0. The van der Waals surface area contributed by atoms with Crippen LogP contribution in [0.5, 0.6) is 17.2 Å². The number of fused-ring (bicyclic) bond motifs is 1. The van der Waals surface area contributed by atoms with Crippen LogP contribution in [0, 0.1) is 0 Å². The zero-order valence-corrected chi connectivity index (χ0v) is 14.7. The molecule has 0 aliphatic carbocycles. The van der Waals surface area contributed by atoms with Crippen molar-refractivity contribution in [2.45, 2.75) is 0 Å². The number of aromatic hydroxyl groups is 1. The van der Waals surface area contributed by atoms with E-state index < -0.39 is 5.91 Å². The summed E-state index contributed by atoms with van der Waals surface area (Å²) in [5.74, 6) is 0.629. The van der Waals surface area contributed by atoms with Gasteiger partial charge in [-0.3, -0.25) is 4.79 Å². The van der Waals surface area contributed by atoms with E-state index in [0.717, 1.165) is 4.47 Å². The Morgan fingerprint density at radius 1 is 1.22 bits per heavy atom. The van der Waals surface area contributed by atoms with E-state index in [1.165, 1.54) is 18.3 Å². The first kappa shape index (κ1) is 15.8. The first-order valence-electron chi connectivity index (χ1n) is 6.45. The molecule has 2 aromatic rings. The van der Waals surface area contributed by atoms with Gasteiger partial charge in [-0.1, -0.05) is 15.9 Å². The van der Waals surface area contributed by atoms with Gasteiger partial charge in [0.15, 0.2) is 11.5 Å².